The van der Waals surface area contributed by atoms with E-state index in [0.717, 1.165) is 29.3 Å². The summed E-state index contributed by atoms with van der Waals surface area (Å²) in [5.41, 5.74) is 1.74. The van der Waals surface area contributed by atoms with Gasteiger partial charge >= 0.3 is 0 Å². The molecule has 1 fully saturated rings. The van der Waals surface area contributed by atoms with Crippen molar-refractivity contribution in [3.8, 4) is 11.5 Å². The van der Waals surface area contributed by atoms with Crippen molar-refractivity contribution in [3.63, 3.8) is 0 Å². The molecule has 1 aromatic heterocycles. The summed E-state index contributed by atoms with van der Waals surface area (Å²) >= 11 is 0. The number of aromatic nitrogens is 1. The van der Waals surface area contributed by atoms with Crippen molar-refractivity contribution in [2.24, 2.45) is 0 Å². The van der Waals surface area contributed by atoms with Gasteiger partial charge in [0.05, 0.1) is 4.90 Å². The Morgan fingerprint density at radius 3 is 2.66 bits per heavy atom. The minimum Gasteiger partial charge on any atom is -0.454 e. The minimum atomic E-state index is -3.48. The first-order valence-corrected chi connectivity index (χ1v) is 12.1. The number of carbonyl (C=O) groups excluding carboxylic acids is 1. The van der Waals surface area contributed by atoms with Gasteiger partial charge in [-0.05, 0) is 61.7 Å². The van der Waals surface area contributed by atoms with Crippen LogP contribution < -0.4 is 14.8 Å². The highest BCUT2D eigenvalue weighted by molar-refractivity contribution is 7.89. The van der Waals surface area contributed by atoms with Crippen LogP contribution in [-0.2, 0) is 21.4 Å². The number of hydrogen-bond acceptors (Lipinski definition) is 5. The van der Waals surface area contributed by atoms with Crippen LogP contribution in [0.4, 0.5) is 0 Å². The van der Waals surface area contributed by atoms with E-state index in [0.29, 0.717) is 36.0 Å². The molecule has 0 unspecified atom stereocenters. The number of rotatable bonds is 6. The lowest BCUT2D eigenvalue weighted by atomic mass is 10.2. The lowest BCUT2D eigenvalue weighted by Gasteiger charge is -2.17. The summed E-state index contributed by atoms with van der Waals surface area (Å²) in [5.74, 6) is 1.26. The summed E-state index contributed by atoms with van der Waals surface area (Å²) in [4.78, 5) is 13.1. The van der Waals surface area contributed by atoms with Gasteiger partial charge in [0.15, 0.2) is 11.5 Å². The number of amides is 1. The Labute approximate surface area is 186 Å². The first kappa shape index (κ1) is 20.8. The molecule has 2 aromatic carbocycles. The fraction of sp³-hybridized carbons (Fsp3) is 0.348. The Morgan fingerprint density at radius 1 is 1.06 bits per heavy atom. The monoisotopic (exact) mass is 455 g/mol. The molecule has 0 bridgehead atoms. The largest absolute Gasteiger partial charge is 0.454 e. The van der Waals surface area contributed by atoms with Crippen molar-refractivity contribution in [1.29, 1.82) is 0 Å². The Morgan fingerprint density at radius 2 is 1.84 bits per heavy atom. The predicted octanol–water partition coefficient (Wildman–Crippen LogP) is 3.03. The maximum Gasteiger partial charge on any atom is 0.243 e. The summed E-state index contributed by atoms with van der Waals surface area (Å²) in [5, 5.41) is 3.75. The number of nitrogens with one attached hydrogen (secondary N) is 1. The maximum atomic E-state index is 12.9. The molecular weight excluding hydrogens is 430 g/mol. The zero-order valence-electron chi connectivity index (χ0n) is 17.8. The second-order valence-corrected chi connectivity index (χ2v) is 10.1. The molecule has 9 heteroatoms. The van der Waals surface area contributed by atoms with E-state index in [2.05, 4.69) is 5.32 Å². The van der Waals surface area contributed by atoms with E-state index in [9.17, 15) is 13.2 Å². The molecule has 1 atom stereocenters. The van der Waals surface area contributed by atoms with Gasteiger partial charge in [-0.3, -0.25) is 4.79 Å². The van der Waals surface area contributed by atoms with Crippen LogP contribution in [0.15, 0.2) is 53.6 Å². The van der Waals surface area contributed by atoms with E-state index < -0.39 is 16.1 Å². The summed E-state index contributed by atoms with van der Waals surface area (Å²) in [6, 6.07) is 12.1. The van der Waals surface area contributed by atoms with Crippen LogP contribution in [0.25, 0.3) is 10.9 Å². The third-order valence-corrected chi connectivity index (χ3v) is 7.99. The lowest BCUT2D eigenvalue weighted by molar-refractivity contribution is -0.123. The summed E-state index contributed by atoms with van der Waals surface area (Å²) in [6.07, 6.45) is 3.62. The summed E-state index contributed by atoms with van der Waals surface area (Å²) in [7, 11) is -3.48. The molecule has 0 aliphatic carbocycles. The summed E-state index contributed by atoms with van der Waals surface area (Å²) < 4.78 is 39.8. The normalized spacial score (nSPS) is 17.0. The Bertz CT molecular complexity index is 1280. The SMILES string of the molecule is C[C@@H](C(=O)NCc1ccc2c(c1)OCO2)n1ccc2cc(S(=O)(=O)N3CCCC3)ccc21. The van der Waals surface area contributed by atoms with Crippen LogP contribution in [0.1, 0.15) is 31.4 Å². The van der Waals surface area contributed by atoms with Gasteiger partial charge in [-0.2, -0.15) is 4.31 Å². The number of fused-ring (bicyclic) bond motifs is 2. The van der Waals surface area contributed by atoms with E-state index >= 15 is 0 Å². The molecule has 1 N–H and O–H groups in total. The molecule has 5 rings (SSSR count). The topological polar surface area (TPSA) is 89.9 Å². The van der Waals surface area contributed by atoms with Crippen molar-refractivity contribution in [3.05, 3.63) is 54.2 Å². The number of benzene rings is 2. The Balaban J connectivity index is 1.31. The van der Waals surface area contributed by atoms with Gasteiger partial charge in [0.25, 0.3) is 0 Å². The van der Waals surface area contributed by atoms with Gasteiger partial charge < -0.3 is 19.4 Å². The third-order valence-electron chi connectivity index (χ3n) is 6.10. The van der Waals surface area contributed by atoms with Crippen LogP contribution in [-0.4, -0.2) is 43.1 Å². The zero-order valence-corrected chi connectivity index (χ0v) is 18.6. The van der Waals surface area contributed by atoms with Gasteiger partial charge in [0.1, 0.15) is 6.04 Å². The van der Waals surface area contributed by atoms with E-state index in [1.165, 1.54) is 4.31 Å². The van der Waals surface area contributed by atoms with E-state index in [-0.39, 0.29) is 12.7 Å². The molecule has 0 saturated carbocycles. The van der Waals surface area contributed by atoms with Crippen molar-refractivity contribution in [2.75, 3.05) is 19.9 Å². The van der Waals surface area contributed by atoms with Crippen LogP contribution in [0.3, 0.4) is 0 Å². The van der Waals surface area contributed by atoms with Crippen molar-refractivity contribution < 1.29 is 22.7 Å². The molecule has 2 aliphatic rings. The molecule has 3 heterocycles. The maximum absolute atomic E-state index is 12.9. The van der Waals surface area contributed by atoms with E-state index in [1.54, 1.807) is 18.2 Å². The smallest absolute Gasteiger partial charge is 0.243 e. The second kappa shape index (κ2) is 8.14. The Hall–Kier alpha value is -3.04. The molecule has 0 spiro atoms. The third kappa shape index (κ3) is 3.71. The van der Waals surface area contributed by atoms with Gasteiger partial charge in [-0.15, -0.1) is 0 Å². The quantitative estimate of drug-likeness (QED) is 0.617. The molecule has 1 saturated heterocycles. The van der Waals surface area contributed by atoms with Gasteiger partial charge in [0.2, 0.25) is 22.7 Å². The molecule has 32 heavy (non-hydrogen) atoms. The minimum absolute atomic E-state index is 0.131. The summed E-state index contributed by atoms with van der Waals surface area (Å²) in [6.45, 7) is 3.55. The molecule has 3 aromatic rings. The van der Waals surface area contributed by atoms with E-state index in [1.807, 2.05) is 42.0 Å². The molecule has 168 valence electrons. The highest BCUT2D eigenvalue weighted by Crippen LogP contribution is 2.32. The van der Waals surface area contributed by atoms with E-state index in [4.69, 9.17) is 9.47 Å². The first-order valence-electron chi connectivity index (χ1n) is 10.7. The van der Waals surface area contributed by atoms with Crippen LogP contribution in [0.5, 0.6) is 11.5 Å². The molecular formula is C23H25N3O5S. The number of nitrogens with zero attached hydrogens (tertiary/aromatic N) is 2. The average molecular weight is 456 g/mol. The molecule has 0 radical (unpaired) electrons. The molecule has 2 aliphatic heterocycles. The number of carbonyl (C=O) groups is 1. The zero-order chi connectivity index (χ0) is 22.3. The van der Waals surface area contributed by atoms with Crippen LogP contribution in [0.2, 0.25) is 0 Å². The van der Waals surface area contributed by atoms with Crippen LogP contribution in [0, 0.1) is 0 Å². The lowest BCUT2D eigenvalue weighted by Crippen LogP contribution is -2.30. The van der Waals surface area contributed by atoms with Gasteiger partial charge in [-0.25, -0.2) is 8.42 Å². The van der Waals surface area contributed by atoms with Crippen LogP contribution >= 0.6 is 0 Å². The van der Waals surface area contributed by atoms with Crippen molar-refractivity contribution in [2.45, 2.75) is 37.2 Å². The first-order chi connectivity index (χ1) is 15.4. The average Bonchev–Trinajstić information content (AvgIpc) is 3.56. The Kier molecular flexibility index (Phi) is 5.30. The number of ether oxygens (including phenoxy) is 2. The molecule has 1 amide bonds. The fourth-order valence-electron chi connectivity index (χ4n) is 4.23. The second-order valence-electron chi connectivity index (χ2n) is 8.14. The highest BCUT2D eigenvalue weighted by Gasteiger charge is 2.27. The number of hydrogen-bond donors (Lipinski definition) is 1. The standard InChI is InChI=1S/C23H25N3O5S/c1-16(23(27)24-14-17-4-7-21-22(12-17)31-15-30-21)26-11-8-18-13-19(5-6-20(18)26)32(28,29)25-9-2-3-10-25/h4-8,11-13,16H,2-3,9-10,14-15H2,1H3,(H,24,27)/t16-/m0/s1. The van der Waals surface area contributed by atoms with Crippen molar-refractivity contribution >= 4 is 26.8 Å². The highest BCUT2D eigenvalue weighted by atomic mass is 32.2. The molecule has 8 nitrogen and oxygen atoms in total. The van der Waals surface area contributed by atoms with Gasteiger partial charge in [-0.1, -0.05) is 6.07 Å². The van der Waals surface area contributed by atoms with Gasteiger partial charge in [0, 0.05) is 36.7 Å². The van der Waals surface area contributed by atoms with Crippen molar-refractivity contribution in [1.82, 2.24) is 14.2 Å². The number of sulfonamides is 1. The predicted molar refractivity (Wildman–Crippen MR) is 119 cm³/mol. The fourth-order valence-corrected chi connectivity index (χ4v) is 5.78.